The van der Waals surface area contributed by atoms with Crippen LogP contribution in [0.4, 0.5) is 13.2 Å². The molecule has 1 atom stereocenters. The van der Waals surface area contributed by atoms with E-state index >= 15 is 0 Å². The molecular weight excluding hydrogens is 435 g/mol. The summed E-state index contributed by atoms with van der Waals surface area (Å²) >= 11 is 1.63. The van der Waals surface area contributed by atoms with Gasteiger partial charge >= 0.3 is 12.1 Å². The standard InChI is InChI=1S/C18H25N3O2S.C2HF3O2/c1-13(2)10-23-11-14-8-21(9-16-18(14)20(3)12-19-16)17(22)7-15-5-4-6-24-15;3-2(4,5)1(6)7/h4-6,12-14H,7-11H2,1-3H3;(H,6,7). The molecule has 11 heteroatoms. The molecule has 3 rings (SSSR count). The van der Waals surface area contributed by atoms with Crippen LogP contribution in [0.1, 0.15) is 36.0 Å². The zero-order chi connectivity index (χ0) is 23.2. The Bertz CT molecular complexity index is 866. The van der Waals surface area contributed by atoms with Gasteiger partial charge in [0.25, 0.3) is 0 Å². The first-order chi connectivity index (χ1) is 14.5. The molecular formula is C20H26F3N3O4S. The maximum absolute atomic E-state index is 12.7. The van der Waals surface area contributed by atoms with E-state index in [2.05, 4.69) is 23.4 Å². The minimum absolute atomic E-state index is 0.169. The number of thiophene rings is 1. The quantitative estimate of drug-likeness (QED) is 0.712. The van der Waals surface area contributed by atoms with Crippen molar-refractivity contribution < 1.29 is 32.6 Å². The van der Waals surface area contributed by atoms with Gasteiger partial charge in [-0.15, -0.1) is 11.3 Å². The van der Waals surface area contributed by atoms with Crippen molar-refractivity contribution in [2.75, 3.05) is 19.8 Å². The lowest BCUT2D eigenvalue weighted by molar-refractivity contribution is -0.192. The highest BCUT2D eigenvalue weighted by Crippen LogP contribution is 2.28. The third kappa shape index (κ3) is 7.35. The van der Waals surface area contributed by atoms with Gasteiger partial charge in [0.05, 0.1) is 31.6 Å². The Kier molecular flexibility index (Phi) is 8.63. The van der Waals surface area contributed by atoms with E-state index in [0.717, 1.165) is 17.2 Å². The SMILES string of the molecule is CC(C)COCC1CN(C(=O)Cc2cccs2)Cc2ncn(C)c21.O=C(O)C(F)(F)F. The van der Waals surface area contributed by atoms with Gasteiger partial charge in [0.1, 0.15) is 0 Å². The summed E-state index contributed by atoms with van der Waals surface area (Å²) in [7, 11) is 2.02. The Labute approximate surface area is 182 Å². The van der Waals surface area contributed by atoms with Crippen LogP contribution in [0.25, 0.3) is 0 Å². The second-order valence-electron chi connectivity index (χ2n) is 7.65. The lowest BCUT2D eigenvalue weighted by atomic mass is 9.98. The van der Waals surface area contributed by atoms with E-state index in [0.29, 0.717) is 32.0 Å². The second-order valence-corrected chi connectivity index (χ2v) is 8.68. The summed E-state index contributed by atoms with van der Waals surface area (Å²) < 4.78 is 39.7. The van der Waals surface area contributed by atoms with Gasteiger partial charge in [0, 0.05) is 36.7 Å². The van der Waals surface area contributed by atoms with Gasteiger partial charge in [-0.25, -0.2) is 9.78 Å². The van der Waals surface area contributed by atoms with Crippen LogP contribution in [0, 0.1) is 5.92 Å². The van der Waals surface area contributed by atoms with Gasteiger partial charge < -0.3 is 19.3 Å². The number of halogens is 3. The number of carbonyl (C=O) groups excluding carboxylic acids is 1. The molecule has 31 heavy (non-hydrogen) atoms. The molecule has 0 aromatic carbocycles. The highest BCUT2D eigenvalue weighted by Gasteiger charge is 2.38. The Hall–Kier alpha value is -2.40. The summed E-state index contributed by atoms with van der Waals surface area (Å²) in [6.45, 7) is 6.97. The number of carboxylic acids is 1. The summed E-state index contributed by atoms with van der Waals surface area (Å²) in [5.41, 5.74) is 2.21. The molecule has 7 nitrogen and oxygen atoms in total. The molecule has 1 amide bonds. The number of hydrogen-bond donors (Lipinski definition) is 1. The van der Waals surface area contributed by atoms with E-state index in [1.54, 1.807) is 11.3 Å². The summed E-state index contributed by atoms with van der Waals surface area (Å²) in [6, 6.07) is 4.00. The number of hydrogen-bond acceptors (Lipinski definition) is 5. The first-order valence-electron chi connectivity index (χ1n) is 9.67. The fourth-order valence-corrected chi connectivity index (χ4v) is 3.87. The van der Waals surface area contributed by atoms with Crippen LogP contribution >= 0.6 is 11.3 Å². The van der Waals surface area contributed by atoms with Gasteiger partial charge in [-0.2, -0.15) is 13.2 Å². The predicted molar refractivity (Wildman–Crippen MR) is 109 cm³/mol. The van der Waals surface area contributed by atoms with Crippen molar-refractivity contribution in [3.8, 4) is 0 Å². The van der Waals surface area contributed by atoms with Crippen LogP contribution in [0.2, 0.25) is 0 Å². The first-order valence-corrected chi connectivity index (χ1v) is 10.5. The van der Waals surface area contributed by atoms with Crippen molar-refractivity contribution in [2.45, 2.75) is 38.9 Å². The summed E-state index contributed by atoms with van der Waals surface area (Å²) in [5.74, 6) is -1.89. The molecule has 0 saturated carbocycles. The van der Waals surface area contributed by atoms with Crippen LogP contribution in [-0.2, 0) is 34.3 Å². The number of carboxylic acid groups (broad SMARTS) is 1. The van der Waals surface area contributed by atoms with E-state index in [-0.39, 0.29) is 11.8 Å². The zero-order valence-electron chi connectivity index (χ0n) is 17.6. The number of aromatic nitrogens is 2. The van der Waals surface area contributed by atoms with E-state index in [1.807, 2.05) is 35.8 Å². The van der Waals surface area contributed by atoms with E-state index in [9.17, 15) is 18.0 Å². The van der Waals surface area contributed by atoms with Crippen LogP contribution in [0.3, 0.4) is 0 Å². The second kappa shape index (κ2) is 10.8. The molecule has 0 radical (unpaired) electrons. The number of imidazole rings is 1. The number of rotatable bonds is 6. The van der Waals surface area contributed by atoms with Crippen molar-refractivity contribution >= 4 is 23.2 Å². The van der Waals surface area contributed by atoms with E-state index in [4.69, 9.17) is 14.6 Å². The first kappa shape index (κ1) is 24.9. The largest absolute Gasteiger partial charge is 0.490 e. The Morgan fingerprint density at radius 2 is 2.06 bits per heavy atom. The number of amides is 1. The van der Waals surface area contributed by atoms with Crippen LogP contribution < -0.4 is 0 Å². The molecule has 0 saturated heterocycles. The van der Waals surface area contributed by atoms with Crippen molar-refractivity contribution in [3.05, 3.63) is 40.1 Å². The topological polar surface area (TPSA) is 84.7 Å². The number of alkyl halides is 3. The third-order valence-electron chi connectivity index (χ3n) is 4.50. The zero-order valence-corrected chi connectivity index (χ0v) is 18.4. The average Bonchev–Trinajstić information content (AvgIpc) is 3.31. The van der Waals surface area contributed by atoms with Gasteiger partial charge in [-0.3, -0.25) is 4.79 Å². The minimum atomic E-state index is -5.08. The lowest BCUT2D eigenvalue weighted by Crippen LogP contribution is -2.41. The molecule has 0 spiro atoms. The molecule has 2 aromatic heterocycles. The van der Waals surface area contributed by atoms with Gasteiger partial charge in [0.15, 0.2) is 0 Å². The molecule has 0 bridgehead atoms. The summed E-state index contributed by atoms with van der Waals surface area (Å²) in [4.78, 5) is 29.1. The molecule has 0 aliphatic carbocycles. The van der Waals surface area contributed by atoms with Gasteiger partial charge in [-0.05, 0) is 17.4 Å². The monoisotopic (exact) mass is 461 g/mol. The van der Waals surface area contributed by atoms with Crippen molar-refractivity contribution in [1.29, 1.82) is 0 Å². The third-order valence-corrected chi connectivity index (χ3v) is 5.38. The highest BCUT2D eigenvalue weighted by atomic mass is 32.1. The molecule has 1 N–H and O–H groups in total. The smallest absolute Gasteiger partial charge is 0.475 e. The number of nitrogens with zero attached hydrogens (tertiary/aromatic N) is 3. The number of carbonyl (C=O) groups is 2. The lowest BCUT2D eigenvalue weighted by Gasteiger charge is -2.33. The van der Waals surface area contributed by atoms with Crippen LogP contribution in [0.5, 0.6) is 0 Å². The van der Waals surface area contributed by atoms with Crippen molar-refractivity contribution in [2.24, 2.45) is 13.0 Å². The molecule has 0 fully saturated rings. The molecule has 172 valence electrons. The Balaban J connectivity index is 0.000000423. The maximum Gasteiger partial charge on any atom is 0.490 e. The fraction of sp³-hybridized carbons (Fsp3) is 0.550. The average molecular weight is 462 g/mol. The number of aryl methyl sites for hydroxylation is 1. The van der Waals surface area contributed by atoms with E-state index in [1.165, 1.54) is 5.69 Å². The van der Waals surface area contributed by atoms with E-state index < -0.39 is 12.1 Å². The Morgan fingerprint density at radius 1 is 1.39 bits per heavy atom. The summed E-state index contributed by atoms with van der Waals surface area (Å²) in [5, 5.41) is 9.14. The van der Waals surface area contributed by atoms with Gasteiger partial charge in [-0.1, -0.05) is 19.9 Å². The predicted octanol–water partition coefficient (Wildman–Crippen LogP) is 3.46. The van der Waals surface area contributed by atoms with Crippen molar-refractivity contribution in [1.82, 2.24) is 14.5 Å². The molecule has 1 unspecified atom stereocenters. The maximum atomic E-state index is 12.7. The summed E-state index contributed by atoms with van der Waals surface area (Å²) in [6.07, 6.45) is -2.77. The normalized spacial score (nSPS) is 16.0. The van der Waals surface area contributed by atoms with Gasteiger partial charge in [0.2, 0.25) is 5.91 Å². The molecule has 1 aliphatic heterocycles. The number of ether oxygens (including phenoxy) is 1. The van der Waals surface area contributed by atoms with Crippen molar-refractivity contribution in [3.63, 3.8) is 0 Å². The van der Waals surface area contributed by atoms with Crippen LogP contribution in [-0.4, -0.2) is 57.4 Å². The fourth-order valence-electron chi connectivity index (χ4n) is 3.17. The molecule has 2 aromatic rings. The molecule has 3 heterocycles. The Morgan fingerprint density at radius 3 is 2.61 bits per heavy atom. The molecule has 1 aliphatic rings. The number of aliphatic carboxylic acids is 1. The minimum Gasteiger partial charge on any atom is -0.475 e. The highest BCUT2D eigenvalue weighted by molar-refractivity contribution is 7.10. The number of fused-ring (bicyclic) bond motifs is 1. The van der Waals surface area contributed by atoms with Crippen LogP contribution in [0.15, 0.2) is 23.8 Å².